The summed E-state index contributed by atoms with van der Waals surface area (Å²) in [6, 6.07) is 7.73. The van der Waals surface area contributed by atoms with E-state index >= 15 is 0 Å². The summed E-state index contributed by atoms with van der Waals surface area (Å²) < 4.78 is 11.4. The Morgan fingerprint density at radius 3 is 2.97 bits per heavy atom. The van der Waals surface area contributed by atoms with Crippen molar-refractivity contribution >= 4 is 29.3 Å². The molecule has 1 unspecified atom stereocenters. The van der Waals surface area contributed by atoms with Crippen LogP contribution in [0.1, 0.15) is 5.56 Å². The number of pyridine rings is 1. The van der Waals surface area contributed by atoms with E-state index in [0.29, 0.717) is 18.9 Å². The van der Waals surface area contributed by atoms with Crippen molar-refractivity contribution in [3.05, 3.63) is 90.6 Å². The molecule has 7 heteroatoms. The van der Waals surface area contributed by atoms with Crippen LogP contribution in [0.3, 0.4) is 0 Å². The number of ether oxygens (including phenoxy) is 2. The van der Waals surface area contributed by atoms with Crippen molar-refractivity contribution in [1.29, 1.82) is 0 Å². The number of aliphatic carboxylic acids is 1. The van der Waals surface area contributed by atoms with Crippen molar-refractivity contribution in [2.75, 3.05) is 13.2 Å². The molecule has 0 aliphatic carbocycles. The third kappa shape index (κ3) is 5.08. The fraction of sp³-hybridized carbons (Fsp3) is 0.125. The number of aromatic nitrogens is 1. The number of hydrogen-bond acceptors (Lipinski definition) is 6. The lowest BCUT2D eigenvalue weighted by Crippen LogP contribution is -2.24. The van der Waals surface area contributed by atoms with Gasteiger partial charge in [-0.3, -0.25) is 4.98 Å². The van der Waals surface area contributed by atoms with Crippen LogP contribution in [0.15, 0.2) is 90.0 Å². The number of hydrogen-bond donors (Lipinski definition) is 1. The largest absolute Gasteiger partial charge is 0.484 e. The van der Waals surface area contributed by atoms with Crippen LogP contribution in [0.5, 0.6) is 5.75 Å². The monoisotopic (exact) mass is 415 g/mol. The number of fused-ring (bicyclic) bond motifs is 3. The fourth-order valence-electron chi connectivity index (χ4n) is 3.26. The fourth-order valence-corrected chi connectivity index (χ4v) is 3.26. The molecule has 0 saturated carbocycles. The van der Waals surface area contributed by atoms with Crippen LogP contribution < -0.4 is 4.74 Å². The second kappa shape index (κ2) is 9.58. The van der Waals surface area contributed by atoms with Crippen molar-refractivity contribution in [3.63, 3.8) is 0 Å². The highest BCUT2D eigenvalue weighted by Gasteiger charge is 2.28. The number of carboxylic acids is 1. The second-order valence-corrected chi connectivity index (χ2v) is 6.81. The summed E-state index contributed by atoms with van der Waals surface area (Å²) >= 11 is 0. The molecule has 3 heterocycles. The molecule has 0 saturated heterocycles. The summed E-state index contributed by atoms with van der Waals surface area (Å²) in [6.45, 7) is 0.733. The summed E-state index contributed by atoms with van der Waals surface area (Å²) in [7, 11) is 0. The Kier molecular flexibility index (Phi) is 6.23. The average Bonchev–Trinajstić information content (AvgIpc) is 3.17. The number of benzene rings is 1. The van der Waals surface area contributed by atoms with Crippen molar-refractivity contribution < 1.29 is 19.4 Å². The Bertz CT molecular complexity index is 1140. The predicted octanol–water partition coefficient (Wildman–Crippen LogP) is 3.92. The Balaban J connectivity index is 1.69. The molecule has 0 fully saturated rings. The van der Waals surface area contributed by atoms with E-state index in [0.717, 1.165) is 16.5 Å². The number of carboxylic acid groups (broad SMARTS) is 1. The molecular formula is C24H21N3O4. The third-order valence-corrected chi connectivity index (χ3v) is 4.67. The maximum atomic E-state index is 11.7. The normalized spacial score (nSPS) is 22.8. The van der Waals surface area contributed by atoms with Gasteiger partial charge in [-0.15, -0.1) is 0 Å². The standard InChI is InChI=1S/C24H21N3O4/c28-24(29)22-15-19-16-27(22)12-11-25-17-30-13-5-3-1-2-4-6-18-7-8-21-20(14-18)23(31-19)9-10-26-21/h1-12,14-15,17,19H,13,16H2,(H,28,29)/b2-1-,5-3+,6-4+,12-11-,25-17?. The first-order valence-corrected chi connectivity index (χ1v) is 9.78. The van der Waals surface area contributed by atoms with E-state index in [1.165, 1.54) is 12.6 Å². The highest BCUT2D eigenvalue weighted by molar-refractivity contribution is 5.88. The minimum atomic E-state index is -1.03. The molecule has 0 spiro atoms. The van der Waals surface area contributed by atoms with E-state index in [2.05, 4.69) is 9.98 Å². The van der Waals surface area contributed by atoms with Gasteiger partial charge in [-0.2, -0.15) is 0 Å². The van der Waals surface area contributed by atoms with E-state index in [4.69, 9.17) is 9.47 Å². The summed E-state index contributed by atoms with van der Waals surface area (Å²) in [4.78, 5) is 21.7. The predicted molar refractivity (Wildman–Crippen MR) is 119 cm³/mol. The van der Waals surface area contributed by atoms with Gasteiger partial charge in [0.1, 0.15) is 24.2 Å². The molecule has 1 aromatic heterocycles. The number of carbonyl (C=O) groups is 1. The topological polar surface area (TPSA) is 84.2 Å². The van der Waals surface area contributed by atoms with Gasteiger partial charge in [0, 0.05) is 24.0 Å². The first-order valence-electron chi connectivity index (χ1n) is 9.78. The highest BCUT2D eigenvalue weighted by Crippen LogP contribution is 2.28. The number of nitrogens with zero attached hydrogens (tertiary/aromatic N) is 3. The summed E-state index contributed by atoms with van der Waals surface area (Å²) in [5, 5.41) is 10.4. The van der Waals surface area contributed by atoms with Crippen molar-refractivity contribution in [2.24, 2.45) is 4.99 Å². The molecule has 1 N–H and O–H groups in total. The van der Waals surface area contributed by atoms with Gasteiger partial charge in [0.15, 0.2) is 6.40 Å². The van der Waals surface area contributed by atoms with Crippen LogP contribution in [0.2, 0.25) is 0 Å². The van der Waals surface area contributed by atoms with E-state index in [1.807, 2.05) is 54.7 Å². The van der Waals surface area contributed by atoms with Gasteiger partial charge in [-0.25, -0.2) is 9.79 Å². The van der Waals surface area contributed by atoms with Crippen molar-refractivity contribution in [3.8, 4) is 5.75 Å². The molecule has 2 aromatic rings. The maximum Gasteiger partial charge on any atom is 0.352 e. The third-order valence-electron chi connectivity index (χ3n) is 4.67. The first kappa shape index (κ1) is 20.2. The van der Waals surface area contributed by atoms with Gasteiger partial charge in [0.2, 0.25) is 0 Å². The molecule has 2 aliphatic heterocycles. The average molecular weight is 415 g/mol. The van der Waals surface area contributed by atoms with Crippen LogP contribution in [0.25, 0.3) is 17.0 Å². The zero-order valence-electron chi connectivity index (χ0n) is 16.7. The molecule has 7 nitrogen and oxygen atoms in total. The minimum absolute atomic E-state index is 0.138. The van der Waals surface area contributed by atoms with Gasteiger partial charge < -0.3 is 19.5 Å². The van der Waals surface area contributed by atoms with Gasteiger partial charge >= 0.3 is 5.97 Å². The zero-order chi connectivity index (χ0) is 21.5. The zero-order valence-corrected chi connectivity index (χ0v) is 16.7. The number of aliphatic imine (C=N–C) groups is 1. The smallest absolute Gasteiger partial charge is 0.352 e. The molecule has 31 heavy (non-hydrogen) atoms. The minimum Gasteiger partial charge on any atom is -0.484 e. The Labute approximate surface area is 179 Å². The van der Waals surface area contributed by atoms with Crippen LogP contribution >= 0.6 is 0 Å². The van der Waals surface area contributed by atoms with Gasteiger partial charge in [-0.05, 0) is 35.9 Å². The molecule has 1 aromatic carbocycles. The molecule has 4 bridgehead atoms. The molecule has 0 radical (unpaired) electrons. The van der Waals surface area contributed by atoms with Crippen LogP contribution in [0, 0.1) is 0 Å². The molecule has 2 aliphatic rings. The van der Waals surface area contributed by atoms with Crippen LogP contribution in [0.4, 0.5) is 0 Å². The van der Waals surface area contributed by atoms with Crippen molar-refractivity contribution in [2.45, 2.75) is 6.10 Å². The second-order valence-electron chi connectivity index (χ2n) is 6.81. The lowest BCUT2D eigenvalue weighted by Gasteiger charge is -2.17. The number of rotatable bonds is 1. The maximum absolute atomic E-state index is 11.7. The van der Waals surface area contributed by atoms with E-state index in [9.17, 15) is 9.90 Å². The highest BCUT2D eigenvalue weighted by atomic mass is 16.5. The molecule has 156 valence electrons. The Hall–Kier alpha value is -4.13. The Morgan fingerprint density at radius 2 is 2.06 bits per heavy atom. The lowest BCUT2D eigenvalue weighted by atomic mass is 10.1. The van der Waals surface area contributed by atoms with Crippen molar-refractivity contribution in [1.82, 2.24) is 9.88 Å². The summed E-state index contributed by atoms with van der Waals surface area (Å²) in [5.74, 6) is -0.379. The van der Waals surface area contributed by atoms with E-state index in [1.54, 1.807) is 29.4 Å². The summed E-state index contributed by atoms with van der Waals surface area (Å²) in [6.07, 6.45) is 18.8. The quantitative estimate of drug-likeness (QED) is 0.760. The van der Waals surface area contributed by atoms with Crippen LogP contribution in [-0.2, 0) is 9.53 Å². The SMILES string of the molecule is O=C(O)C1=CC2CN1/C=C\N=COC/C=C/C=C\C=C\c1ccc3nccc(c3c1)O2. The van der Waals surface area contributed by atoms with Gasteiger partial charge in [0.25, 0.3) is 0 Å². The van der Waals surface area contributed by atoms with Gasteiger partial charge in [0.05, 0.1) is 12.1 Å². The molecule has 0 amide bonds. The number of allylic oxidation sites excluding steroid dienone is 4. The lowest BCUT2D eigenvalue weighted by molar-refractivity contribution is -0.133. The molecule has 1 atom stereocenters. The molecule has 4 rings (SSSR count). The van der Waals surface area contributed by atoms with E-state index in [-0.39, 0.29) is 5.70 Å². The van der Waals surface area contributed by atoms with Crippen LogP contribution in [-0.4, -0.2) is 46.6 Å². The Morgan fingerprint density at radius 1 is 1.16 bits per heavy atom. The summed E-state index contributed by atoms with van der Waals surface area (Å²) in [5.41, 5.74) is 1.95. The molecular weight excluding hydrogens is 394 g/mol. The first-order chi connectivity index (χ1) is 15.2. The van der Waals surface area contributed by atoms with E-state index < -0.39 is 12.1 Å². The van der Waals surface area contributed by atoms with Gasteiger partial charge in [-0.1, -0.05) is 36.4 Å².